The lowest BCUT2D eigenvalue weighted by molar-refractivity contribution is -0.139. The Morgan fingerprint density at radius 2 is 1.73 bits per heavy atom. The van der Waals surface area contributed by atoms with Gasteiger partial charge >= 0.3 is 12.0 Å². The van der Waals surface area contributed by atoms with Crippen molar-refractivity contribution in [3.63, 3.8) is 0 Å². The molecular formula is C18H24N2O6. The molecule has 8 heteroatoms. The molecule has 2 N–H and O–H groups in total. The molecule has 1 aliphatic heterocycles. The molecule has 1 atom stereocenters. The van der Waals surface area contributed by atoms with Gasteiger partial charge in [0.05, 0.1) is 39.6 Å². The van der Waals surface area contributed by atoms with Crippen LogP contribution in [0.5, 0.6) is 17.2 Å². The van der Waals surface area contributed by atoms with Crippen LogP contribution in [0.2, 0.25) is 0 Å². The standard InChI is InChI=1S/C18H24N2O6/c1-6-7-26-17(21)14-10(2)19-18(22)20-15(14)11-8-12(23-3)16(25-5)13(9-11)24-4/h8-9,15H,6-7H2,1-5H3,(H2,19,20,22)/t15-/m0/s1. The second kappa shape index (κ2) is 8.46. The van der Waals surface area contributed by atoms with E-state index in [0.717, 1.165) is 0 Å². The molecule has 1 heterocycles. The van der Waals surface area contributed by atoms with E-state index >= 15 is 0 Å². The van der Waals surface area contributed by atoms with Crippen molar-refractivity contribution in [3.05, 3.63) is 29.0 Å². The second-order valence-corrected chi connectivity index (χ2v) is 5.66. The number of carbonyl (C=O) groups is 2. The number of benzene rings is 1. The molecule has 0 radical (unpaired) electrons. The molecule has 8 nitrogen and oxygen atoms in total. The molecular weight excluding hydrogens is 340 g/mol. The van der Waals surface area contributed by atoms with E-state index in [1.54, 1.807) is 19.1 Å². The Labute approximate surface area is 152 Å². The molecule has 0 fully saturated rings. The Balaban J connectivity index is 2.54. The zero-order valence-corrected chi connectivity index (χ0v) is 15.6. The minimum Gasteiger partial charge on any atom is -0.493 e. The molecule has 0 bridgehead atoms. The van der Waals surface area contributed by atoms with Crippen LogP contribution in [0.3, 0.4) is 0 Å². The molecule has 1 aromatic carbocycles. The molecule has 142 valence electrons. The highest BCUT2D eigenvalue weighted by Gasteiger charge is 2.33. The van der Waals surface area contributed by atoms with Crippen LogP contribution < -0.4 is 24.8 Å². The van der Waals surface area contributed by atoms with E-state index in [2.05, 4.69) is 10.6 Å². The van der Waals surface area contributed by atoms with E-state index in [1.165, 1.54) is 21.3 Å². The van der Waals surface area contributed by atoms with Gasteiger partial charge in [0.25, 0.3) is 0 Å². The van der Waals surface area contributed by atoms with Crippen LogP contribution in [0.25, 0.3) is 0 Å². The third-order valence-electron chi connectivity index (χ3n) is 3.95. The minimum atomic E-state index is -0.707. The molecule has 2 amide bonds. The van der Waals surface area contributed by atoms with Crippen LogP contribution in [0.1, 0.15) is 31.9 Å². The van der Waals surface area contributed by atoms with Crippen LogP contribution in [-0.4, -0.2) is 39.9 Å². The third-order valence-corrected chi connectivity index (χ3v) is 3.95. The lowest BCUT2D eigenvalue weighted by Crippen LogP contribution is -2.45. The van der Waals surface area contributed by atoms with Gasteiger partial charge in [-0.05, 0) is 31.0 Å². The van der Waals surface area contributed by atoms with Gasteiger partial charge in [0.2, 0.25) is 5.75 Å². The predicted octanol–water partition coefficient (Wildman–Crippen LogP) is 2.29. The molecule has 0 aliphatic carbocycles. The number of allylic oxidation sites excluding steroid dienone is 1. The number of rotatable bonds is 7. The SMILES string of the molecule is CCCOC(=O)C1=C(C)NC(=O)N[C@H]1c1cc(OC)c(OC)c(OC)c1. The maximum absolute atomic E-state index is 12.5. The van der Waals surface area contributed by atoms with Gasteiger partial charge < -0.3 is 29.6 Å². The molecule has 0 saturated carbocycles. The van der Waals surface area contributed by atoms with Crippen molar-refractivity contribution in [2.24, 2.45) is 0 Å². The van der Waals surface area contributed by atoms with Gasteiger partial charge in [0.1, 0.15) is 0 Å². The third kappa shape index (κ3) is 3.84. The molecule has 0 aromatic heterocycles. The fourth-order valence-corrected chi connectivity index (χ4v) is 2.75. The topological polar surface area (TPSA) is 95.1 Å². The van der Waals surface area contributed by atoms with Gasteiger partial charge in [-0.3, -0.25) is 0 Å². The molecule has 0 saturated heterocycles. The number of methoxy groups -OCH3 is 3. The highest BCUT2D eigenvalue weighted by atomic mass is 16.5. The number of ether oxygens (including phenoxy) is 4. The van der Waals surface area contributed by atoms with Crippen LogP contribution >= 0.6 is 0 Å². The normalized spacial score (nSPS) is 16.5. The van der Waals surface area contributed by atoms with Crippen molar-refractivity contribution in [2.75, 3.05) is 27.9 Å². The van der Waals surface area contributed by atoms with Gasteiger partial charge in [-0.2, -0.15) is 0 Å². The number of amides is 2. The number of urea groups is 1. The lowest BCUT2D eigenvalue weighted by atomic mass is 9.95. The average molecular weight is 364 g/mol. The van der Waals surface area contributed by atoms with E-state index in [1.807, 2.05) is 6.92 Å². The summed E-state index contributed by atoms with van der Waals surface area (Å²) in [6.45, 7) is 3.86. The summed E-state index contributed by atoms with van der Waals surface area (Å²) in [5.41, 5.74) is 1.37. The van der Waals surface area contributed by atoms with Gasteiger partial charge in [-0.25, -0.2) is 9.59 Å². The van der Waals surface area contributed by atoms with Crippen LogP contribution in [0.15, 0.2) is 23.4 Å². The van der Waals surface area contributed by atoms with Crippen molar-refractivity contribution >= 4 is 12.0 Å². The van der Waals surface area contributed by atoms with E-state index in [0.29, 0.717) is 47.1 Å². The largest absolute Gasteiger partial charge is 0.493 e. The number of carbonyl (C=O) groups excluding carboxylic acids is 2. The van der Waals surface area contributed by atoms with Gasteiger partial charge in [0, 0.05) is 5.70 Å². The summed E-state index contributed by atoms with van der Waals surface area (Å²) in [6, 6.07) is 2.27. The molecule has 1 aliphatic rings. The highest BCUT2D eigenvalue weighted by Crippen LogP contribution is 2.41. The fourth-order valence-electron chi connectivity index (χ4n) is 2.75. The van der Waals surface area contributed by atoms with E-state index in [4.69, 9.17) is 18.9 Å². The zero-order chi connectivity index (χ0) is 19.3. The van der Waals surface area contributed by atoms with Crippen molar-refractivity contribution < 1.29 is 28.5 Å². The van der Waals surface area contributed by atoms with Gasteiger partial charge in [-0.1, -0.05) is 6.92 Å². The molecule has 26 heavy (non-hydrogen) atoms. The first-order chi connectivity index (χ1) is 12.5. The van der Waals surface area contributed by atoms with E-state index in [-0.39, 0.29) is 0 Å². The van der Waals surface area contributed by atoms with Crippen LogP contribution in [0, 0.1) is 0 Å². The number of esters is 1. The van der Waals surface area contributed by atoms with Crippen molar-refractivity contribution in [2.45, 2.75) is 26.3 Å². The van der Waals surface area contributed by atoms with Crippen molar-refractivity contribution in [1.82, 2.24) is 10.6 Å². The van der Waals surface area contributed by atoms with Crippen molar-refractivity contribution in [1.29, 1.82) is 0 Å². The van der Waals surface area contributed by atoms with E-state index in [9.17, 15) is 9.59 Å². The second-order valence-electron chi connectivity index (χ2n) is 5.66. The Morgan fingerprint density at radius 3 is 2.23 bits per heavy atom. The Hall–Kier alpha value is -2.90. The molecule has 2 rings (SSSR count). The Bertz CT molecular complexity index is 703. The monoisotopic (exact) mass is 364 g/mol. The average Bonchev–Trinajstić information content (AvgIpc) is 2.64. The summed E-state index contributed by atoms with van der Waals surface area (Å²) >= 11 is 0. The predicted molar refractivity (Wildman–Crippen MR) is 94.5 cm³/mol. The summed E-state index contributed by atoms with van der Waals surface area (Å²) in [7, 11) is 4.50. The van der Waals surface area contributed by atoms with E-state index < -0.39 is 18.0 Å². The fraction of sp³-hybridized carbons (Fsp3) is 0.444. The summed E-state index contributed by atoms with van der Waals surface area (Å²) in [5.74, 6) is 0.785. The first-order valence-corrected chi connectivity index (χ1v) is 8.22. The first-order valence-electron chi connectivity index (χ1n) is 8.22. The molecule has 1 aromatic rings. The quantitative estimate of drug-likeness (QED) is 0.721. The maximum Gasteiger partial charge on any atom is 0.338 e. The first kappa shape index (κ1) is 19.4. The molecule has 0 unspecified atom stereocenters. The Morgan fingerprint density at radius 1 is 1.12 bits per heavy atom. The van der Waals surface area contributed by atoms with Crippen LogP contribution in [0.4, 0.5) is 4.79 Å². The lowest BCUT2D eigenvalue weighted by Gasteiger charge is -2.29. The molecule has 0 spiro atoms. The zero-order valence-electron chi connectivity index (χ0n) is 15.6. The number of hydrogen-bond acceptors (Lipinski definition) is 6. The summed E-state index contributed by atoms with van der Waals surface area (Å²) in [5, 5.41) is 5.36. The van der Waals surface area contributed by atoms with Crippen LogP contribution in [-0.2, 0) is 9.53 Å². The van der Waals surface area contributed by atoms with Gasteiger partial charge in [-0.15, -0.1) is 0 Å². The summed E-state index contributed by atoms with van der Waals surface area (Å²) < 4.78 is 21.3. The minimum absolute atomic E-state index is 0.297. The number of hydrogen-bond donors (Lipinski definition) is 2. The highest BCUT2D eigenvalue weighted by molar-refractivity contribution is 5.95. The maximum atomic E-state index is 12.5. The summed E-state index contributed by atoms with van der Waals surface area (Å²) in [4.78, 5) is 24.5. The summed E-state index contributed by atoms with van der Waals surface area (Å²) in [6.07, 6.45) is 0.701. The number of nitrogens with one attached hydrogen (secondary N) is 2. The smallest absolute Gasteiger partial charge is 0.338 e. The van der Waals surface area contributed by atoms with Crippen molar-refractivity contribution in [3.8, 4) is 17.2 Å². The van der Waals surface area contributed by atoms with Gasteiger partial charge in [0.15, 0.2) is 11.5 Å². The Kier molecular flexibility index (Phi) is 6.32.